The Balaban J connectivity index is 2.98. The quantitative estimate of drug-likeness (QED) is 0.711. The van der Waals surface area contributed by atoms with Gasteiger partial charge in [0.15, 0.2) is 0 Å². The Kier molecular flexibility index (Phi) is 5.02. The van der Waals surface area contributed by atoms with E-state index in [1.165, 1.54) is 0 Å². The van der Waals surface area contributed by atoms with Crippen molar-refractivity contribution in [3.05, 3.63) is 0 Å². The summed E-state index contributed by atoms with van der Waals surface area (Å²) in [5, 5.41) is 0. The number of nitrogens with zero attached hydrogens (tertiary/aromatic N) is 1. The molecule has 0 saturated heterocycles. The fourth-order valence-corrected chi connectivity index (χ4v) is 1.17. The van der Waals surface area contributed by atoms with Gasteiger partial charge < -0.3 is 0 Å². The van der Waals surface area contributed by atoms with Gasteiger partial charge in [0.2, 0.25) is 0 Å². The van der Waals surface area contributed by atoms with Gasteiger partial charge >= 0.3 is 55.7 Å². The van der Waals surface area contributed by atoms with E-state index in [0.29, 0.717) is 0 Å². The van der Waals surface area contributed by atoms with Crippen molar-refractivity contribution in [2.75, 3.05) is 20.1 Å². The summed E-state index contributed by atoms with van der Waals surface area (Å²) in [4.78, 5) is 2.27. The molecule has 0 N–H and O–H groups in total. The molecule has 0 bridgehead atoms. The summed E-state index contributed by atoms with van der Waals surface area (Å²) in [6.07, 6.45) is 0. The van der Waals surface area contributed by atoms with Crippen molar-refractivity contribution in [3.63, 3.8) is 0 Å². The Hall–Kier alpha value is 0.518. The molecule has 7 heavy (non-hydrogen) atoms. The molecule has 1 nitrogen and oxygen atoms in total. The Labute approximate surface area is 56.1 Å². The molecule has 0 aromatic carbocycles. The van der Waals surface area contributed by atoms with Gasteiger partial charge in [-0.2, -0.15) is 0 Å². The van der Waals surface area contributed by atoms with Crippen molar-refractivity contribution in [1.82, 2.24) is 4.90 Å². The zero-order valence-corrected chi connectivity index (χ0v) is 7.78. The first-order chi connectivity index (χ1) is 3.31. The van der Waals surface area contributed by atoms with Crippen molar-refractivity contribution in [2.45, 2.75) is 6.92 Å². The van der Waals surface area contributed by atoms with E-state index in [-0.39, 0.29) is 0 Å². The van der Waals surface area contributed by atoms with Crippen LogP contribution < -0.4 is 0 Å². The van der Waals surface area contributed by atoms with Crippen molar-refractivity contribution < 1.29 is 19.4 Å². The predicted molar refractivity (Wildman–Crippen MR) is 29.2 cm³/mol. The zero-order valence-electron chi connectivity index (χ0n) is 4.85. The third kappa shape index (κ3) is 4.37. The summed E-state index contributed by atoms with van der Waals surface area (Å²) < 4.78 is 2.24. The molecule has 0 radical (unpaired) electrons. The van der Waals surface area contributed by atoms with Gasteiger partial charge in [-0.15, -0.1) is 0 Å². The van der Waals surface area contributed by atoms with Crippen molar-refractivity contribution >= 4 is 4.40 Å². The molecule has 0 aliphatic carbocycles. The van der Waals surface area contributed by atoms with Gasteiger partial charge in [0, 0.05) is 0 Å². The second-order valence-corrected chi connectivity index (χ2v) is 2.72. The van der Waals surface area contributed by atoms with Crippen LogP contribution in [0.3, 0.4) is 0 Å². The monoisotopic (exact) mass is 269 g/mol. The van der Waals surface area contributed by atoms with Gasteiger partial charge in [-0.1, -0.05) is 0 Å². The number of hydrogen-bond donors (Lipinski definition) is 0. The first kappa shape index (κ1) is 7.52. The molecular weight excluding hydrogens is 258 g/mol. The van der Waals surface area contributed by atoms with Crippen LogP contribution in [-0.2, 0) is 19.4 Å². The van der Waals surface area contributed by atoms with Gasteiger partial charge in [-0.05, 0) is 0 Å². The van der Waals surface area contributed by atoms with Crippen LogP contribution in [0, 0.1) is 0 Å². The SMILES string of the molecule is CCN(C)C[CH]=[W]. The third-order valence-corrected chi connectivity index (χ3v) is 1.46. The maximum absolute atomic E-state index is 2.27. The summed E-state index contributed by atoms with van der Waals surface area (Å²) in [5.41, 5.74) is 0. The molecule has 0 atom stereocenters. The summed E-state index contributed by atoms with van der Waals surface area (Å²) in [6.45, 7) is 4.47. The first-order valence-electron chi connectivity index (χ1n) is 2.43. The predicted octanol–water partition coefficient (Wildman–Crippen LogP) is 0.287. The Morgan fingerprint density at radius 2 is 2.29 bits per heavy atom. The molecule has 0 aromatic rings. The van der Waals surface area contributed by atoms with E-state index in [1.807, 2.05) is 0 Å². The maximum atomic E-state index is 2.27. The molecule has 0 heterocycles. The van der Waals surface area contributed by atoms with Gasteiger partial charge in [-0.25, -0.2) is 0 Å². The Morgan fingerprint density at radius 3 is 2.43 bits per heavy atom. The van der Waals surface area contributed by atoms with E-state index in [1.54, 1.807) is 19.4 Å². The molecular formula is C5H11NW. The van der Waals surface area contributed by atoms with Crippen LogP contribution >= 0.6 is 0 Å². The van der Waals surface area contributed by atoms with Gasteiger partial charge in [0.1, 0.15) is 0 Å². The van der Waals surface area contributed by atoms with Crippen molar-refractivity contribution in [2.24, 2.45) is 0 Å². The fraction of sp³-hybridized carbons (Fsp3) is 0.800. The summed E-state index contributed by atoms with van der Waals surface area (Å²) >= 11 is 1.57. The van der Waals surface area contributed by atoms with E-state index in [2.05, 4.69) is 23.3 Å². The standard InChI is InChI=1S/C5H11N.W/c1-4-6(3)5-2;/h1H,4-5H2,2-3H3;. The normalized spacial score (nSPS) is 9.57. The Bertz CT molecular complexity index is 54.0. The minimum atomic E-state index is 1.14. The number of rotatable bonds is 3. The first-order valence-corrected chi connectivity index (χ1v) is 4.12. The second kappa shape index (κ2) is 4.67. The average Bonchev–Trinajstić information content (AvgIpc) is 1.68. The Morgan fingerprint density at radius 1 is 1.71 bits per heavy atom. The third-order valence-electron chi connectivity index (χ3n) is 0.926. The molecule has 0 aromatic heterocycles. The fourth-order valence-electron chi connectivity index (χ4n) is 0.256. The topological polar surface area (TPSA) is 3.24 Å². The molecule has 0 spiro atoms. The molecule has 0 amide bonds. The molecule has 2 heteroatoms. The summed E-state index contributed by atoms with van der Waals surface area (Å²) in [5.74, 6) is 0. The summed E-state index contributed by atoms with van der Waals surface area (Å²) in [7, 11) is 2.12. The van der Waals surface area contributed by atoms with Crippen LogP contribution in [0.4, 0.5) is 0 Å². The molecule has 0 aliphatic heterocycles. The molecule has 42 valence electrons. The second-order valence-electron chi connectivity index (χ2n) is 1.52. The average molecular weight is 269 g/mol. The van der Waals surface area contributed by atoms with Crippen LogP contribution in [0.1, 0.15) is 6.92 Å². The minimum absolute atomic E-state index is 1.14. The van der Waals surface area contributed by atoms with Crippen LogP contribution in [0.25, 0.3) is 0 Å². The van der Waals surface area contributed by atoms with Gasteiger partial charge in [-0.3, -0.25) is 0 Å². The van der Waals surface area contributed by atoms with E-state index in [0.717, 1.165) is 13.1 Å². The molecule has 0 unspecified atom stereocenters. The van der Waals surface area contributed by atoms with Crippen molar-refractivity contribution in [1.29, 1.82) is 0 Å². The van der Waals surface area contributed by atoms with E-state index in [4.69, 9.17) is 0 Å². The number of hydrogen-bond acceptors (Lipinski definition) is 1. The van der Waals surface area contributed by atoms with E-state index >= 15 is 0 Å². The van der Waals surface area contributed by atoms with Gasteiger partial charge in [0.25, 0.3) is 0 Å². The van der Waals surface area contributed by atoms with Crippen LogP contribution in [0.2, 0.25) is 0 Å². The van der Waals surface area contributed by atoms with E-state index < -0.39 is 0 Å². The summed E-state index contributed by atoms with van der Waals surface area (Å²) in [6, 6.07) is 0. The van der Waals surface area contributed by atoms with Crippen LogP contribution in [0.5, 0.6) is 0 Å². The molecule has 0 aliphatic rings. The molecule has 0 saturated carbocycles. The van der Waals surface area contributed by atoms with Crippen molar-refractivity contribution in [3.8, 4) is 0 Å². The van der Waals surface area contributed by atoms with Crippen LogP contribution in [-0.4, -0.2) is 29.4 Å². The van der Waals surface area contributed by atoms with Crippen LogP contribution in [0.15, 0.2) is 0 Å². The van der Waals surface area contributed by atoms with Gasteiger partial charge in [0.05, 0.1) is 0 Å². The van der Waals surface area contributed by atoms with E-state index in [9.17, 15) is 0 Å². The zero-order chi connectivity index (χ0) is 5.70. The molecule has 0 fully saturated rings. The molecule has 0 rings (SSSR count).